The highest BCUT2D eigenvalue weighted by molar-refractivity contribution is 5.94. The van der Waals surface area contributed by atoms with Gasteiger partial charge in [-0.25, -0.2) is 4.39 Å². The van der Waals surface area contributed by atoms with Crippen LogP contribution >= 0.6 is 0 Å². The lowest BCUT2D eigenvalue weighted by atomic mass is 10.0. The van der Waals surface area contributed by atoms with E-state index >= 15 is 0 Å². The van der Waals surface area contributed by atoms with Gasteiger partial charge in [0.25, 0.3) is 5.91 Å². The molecule has 2 saturated carbocycles. The Bertz CT molecular complexity index is 570. The first kappa shape index (κ1) is 16.1. The third kappa shape index (κ3) is 3.49. The van der Waals surface area contributed by atoms with Crippen LogP contribution in [0.3, 0.4) is 0 Å². The highest BCUT2D eigenvalue weighted by atomic mass is 19.1. The summed E-state index contributed by atoms with van der Waals surface area (Å²) in [4.78, 5) is 14.8. The molecule has 0 radical (unpaired) electrons. The zero-order valence-electron chi connectivity index (χ0n) is 14.2. The zero-order valence-corrected chi connectivity index (χ0v) is 14.2. The number of piperidine rings is 1. The van der Waals surface area contributed by atoms with E-state index in [2.05, 4.69) is 10.2 Å². The van der Waals surface area contributed by atoms with E-state index in [0.717, 1.165) is 19.0 Å². The first-order valence-electron chi connectivity index (χ1n) is 9.49. The molecule has 4 rings (SSSR count). The summed E-state index contributed by atoms with van der Waals surface area (Å²) in [5.74, 6) is 1.87. The number of amides is 1. The second kappa shape index (κ2) is 6.83. The summed E-state index contributed by atoms with van der Waals surface area (Å²) in [5, 5.41) is 3.12. The number of rotatable bonds is 6. The van der Waals surface area contributed by atoms with Gasteiger partial charge in [-0.15, -0.1) is 0 Å². The molecule has 0 spiro atoms. The summed E-state index contributed by atoms with van der Waals surface area (Å²) in [7, 11) is 0. The minimum atomic E-state index is -0.303. The number of halogens is 1. The van der Waals surface area contributed by atoms with Crippen molar-refractivity contribution in [2.45, 2.75) is 44.6 Å². The maximum Gasteiger partial charge on any atom is 0.251 e. The minimum Gasteiger partial charge on any atom is -0.349 e. The van der Waals surface area contributed by atoms with Crippen molar-refractivity contribution < 1.29 is 9.18 Å². The van der Waals surface area contributed by atoms with E-state index in [1.54, 1.807) is 12.1 Å². The summed E-state index contributed by atoms with van der Waals surface area (Å²) in [5.41, 5.74) is 0.551. The van der Waals surface area contributed by atoms with E-state index in [0.29, 0.717) is 23.4 Å². The maximum absolute atomic E-state index is 12.9. The largest absolute Gasteiger partial charge is 0.349 e. The van der Waals surface area contributed by atoms with Crippen molar-refractivity contribution in [2.75, 3.05) is 19.6 Å². The highest BCUT2D eigenvalue weighted by Crippen LogP contribution is 2.45. The molecule has 1 aromatic rings. The molecule has 24 heavy (non-hydrogen) atoms. The predicted octanol–water partition coefficient (Wildman–Crippen LogP) is 3.46. The molecule has 1 aromatic carbocycles. The van der Waals surface area contributed by atoms with Crippen LogP contribution < -0.4 is 5.32 Å². The Kier molecular flexibility index (Phi) is 4.57. The zero-order chi connectivity index (χ0) is 16.5. The predicted molar refractivity (Wildman–Crippen MR) is 92.3 cm³/mol. The van der Waals surface area contributed by atoms with Gasteiger partial charge in [-0.2, -0.15) is 0 Å². The Morgan fingerprint density at radius 2 is 1.79 bits per heavy atom. The smallest absolute Gasteiger partial charge is 0.251 e. The molecule has 3 aliphatic rings. The number of hydrogen-bond acceptors (Lipinski definition) is 2. The summed E-state index contributed by atoms with van der Waals surface area (Å²) in [6.45, 7) is 3.48. The van der Waals surface area contributed by atoms with Gasteiger partial charge in [0.05, 0.1) is 0 Å². The standard InChI is InChI=1S/C20H27FN2O/c21-16-9-7-15(8-10-16)20(24)22-19-17-12-23(13-18(17)19)11-3-6-14-4-1-2-5-14/h7-10,14,17-19H,1-6,11-13H2,(H,22,24)/t17-,18+,19?. The van der Waals surface area contributed by atoms with Crippen molar-refractivity contribution in [1.82, 2.24) is 10.2 Å². The van der Waals surface area contributed by atoms with Crippen LogP contribution in [0.5, 0.6) is 0 Å². The lowest BCUT2D eigenvalue weighted by Gasteiger charge is -2.20. The molecule has 4 heteroatoms. The van der Waals surface area contributed by atoms with Crippen LogP contribution in [0.4, 0.5) is 4.39 Å². The molecule has 2 aliphatic carbocycles. The second-order valence-electron chi connectivity index (χ2n) is 7.89. The molecule has 1 unspecified atom stereocenters. The summed E-state index contributed by atoms with van der Waals surface area (Å²) in [6, 6.07) is 6.12. The minimum absolute atomic E-state index is 0.0674. The molecule has 1 heterocycles. The highest BCUT2D eigenvalue weighted by Gasteiger charge is 2.56. The number of likely N-dealkylation sites (tertiary alicyclic amines) is 1. The Morgan fingerprint density at radius 3 is 2.46 bits per heavy atom. The third-order valence-electron chi connectivity index (χ3n) is 6.24. The van der Waals surface area contributed by atoms with Gasteiger partial charge in [0.2, 0.25) is 0 Å². The fourth-order valence-electron chi connectivity index (χ4n) is 4.75. The molecular weight excluding hydrogens is 303 g/mol. The third-order valence-corrected chi connectivity index (χ3v) is 6.24. The normalized spacial score (nSPS) is 29.6. The van der Waals surface area contributed by atoms with Crippen molar-refractivity contribution in [1.29, 1.82) is 0 Å². The van der Waals surface area contributed by atoms with E-state index in [-0.39, 0.29) is 11.7 Å². The van der Waals surface area contributed by atoms with Gasteiger partial charge in [-0.05, 0) is 61.4 Å². The molecule has 0 aromatic heterocycles. The number of benzene rings is 1. The van der Waals surface area contributed by atoms with Gasteiger partial charge in [0.1, 0.15) is 5.82 Å². The molecule has 1 amide bonds. The first-order valence-corrected chi connectivity index (χ1v) is 9.49. The molecule has 3 atom stereocenters. The number of hydrogen-bond donors (Lipinski definition) is 1. The van der Waals surface area contributed by atoms with Crippen molar-refractivity contribution in [3.63, 3.8) is 0 Å². The Hall–Kier alpha value is -1.42. The SMILES string of the molecule is O=C(NC1[C@H]2CN(CCCC3CCCC3)C[C@@H]12)c1ccc(F)cc1. The second-order valence-corrected chi connectivity index (χ2v) is 7.89. The Labute approximate surface area is 143 Å². The van der Waals surface area contributed by atoms with Crippen LogP contribution in [0.2, 0.25) is 0 Å². The van der Waals surface area contributed by atoms with E-state index < -0.39 is 0 Å². The number of fused-ring (bicyclic) bond motifs is 1. The number of nitrogens with zero attached hydrogens (tertiary/aromatic N) is 1. The summed E-state index contributed by atoms with van der Waals surface area (Å²) in [6.07, 6.45) is 8.50. The lowest BCUT2D eigenvalue weighted by Crippen LogP contribution is -2.35. The van der Waals surface area contributed by atoms with Crippen LogP contribution in [0.25, 0.3) is 0 Å². The van der Waals surface area contributed by atoms with E-state index in [1.165, 1.54) is 57.2 Å². The van der Waals surface area contributed by atoms with Gasteiger partial charge in [-0.1, -0.05) is 25.7 Å². The topological polar surface area (TPSA) is 32.3 Å². The molecule has 3 fully saturated rings. The van der Waals surface area contributed by atoms with Crippen LogP contribution in [0.15, 0.2) is 24.3 Å². The van der Waals surface area contributed by atoms with Crippen LogP contribution in [-0.4, -0.2) is 36.5 Å². The van der Waals surface area contributed by atoms with Gasteiger partial charge in [0.15, 0.2) is 0 Å². The summed E-state index contributed by atoms with van der Waals surface area (Å²) < 4.78 is 12.9. The monoisotopic (exact) mass is 330 g/mol. The lowest BCUT2D eigenvalue weighted by molar-refractivity contribution is 0.0943. The number of carbonyl (C=O) groups is 1. The molecule has 0 bridgehead atoms. The van der Waals surface area contributed by atoms with E-state index in [9.17, 15) is 9.18 Å². The van der Waals surface area contributed by atoms with Gasteiger partial charge >= 0.3 is 0 Å². The average molecular weight is 330 g/mol. The summed E-state index contributed by atoms with van der Waals surface area (Å²) >= 11 is 0. The van der Waals surface area contributed by atoms with Crippen molar-refractivity contribution >= 4 is 5.91 Å². The van der Waals surface area contributed by atoms with Gasteiger partial charge in [-0.3, -0.25) is 4.79 Å². The maximum atomic E-state index is 12.9. The van der Waals surface area contributed by atoms with E-state index in [4.69, 9.17) is 0 Å². The van der Waals surface area contributed by atoms with Crippen LogP contribution in [-0.2, 0) is 0 Å². The van der Waals surface area contributed by atoms with Crippen LogP contribution in [0.1, 0.15) is 48.9 Å². The van der Waals surface area contributed by atoms with Crippen molar-refractivity contribution in [2.24, 2.45) is 17.8 Å². The number of carbonyl (C=O) groups excluding carboxylic acids is 1. The Balaban J connectivity index is 1.17. The van der Waals surface area contributed by atoms with Crippen LogP contribution in [0, 0.1) is 23.6 Å². The Morgan fingerprint density at radius 1 is 1.12 bits per heavy atom. The van der Waals surface area contributed by atoms with Crippen molar-refractivity contribution in [3.8, 4) is 0 Å². The number of nitrogens with one attached hydrogen (secondary N) is 1. The molecule has 1 aliphatic heterocycles. The fourth-order valence-corrected chi connectivity index (χ4v) is 4.75. The fraction of sp³-hybridized carbons (Fsp3) is 0.650. The van der Waals surface area contributed by atoms with Gasteiger partial charge < -0.3 is 10.2 Å². The molecule has 1 N–H and O–H groups in total. The molecule has 1 saturated heterocycles. The molecule has 3 nitrogen and oxygen atoms in total. The molecule has 130 valence electrons. The average Bonchev–Trinajstić information content (AvgIpc) is 3.01. The first-order chi connectivity index (χ1) is 11.7. The van der Waals surface area contributed by atoms with Gasteiger partial charge in [0, 0.05) is 24.7 Å². The van der Waals surface area contributed by atoms with Crippen molar-refractivity contribution in [3.05, 3.63) is 35.6 Å². The molecular formula is C20H27FN2O. The van der Waals surface area contributed by atoms with E-state index in [1.807, 2.05) is 0 Å². The quantitative estimate of drug-likeness (QED) is 0.866.